The van der Waals surface area contributed by atoms with Gasteiger partial charge in [-0.1, -0.05) is 17.7 Å². The van der Waals surface area contributed by atoms with E-state index in [2.05, 4.69) is 0 Å². The van der Waals surface area contributed by atoms with Crippen molar-refractivity contribution in [2.45, 2.75) is 43.7 Å². The van der Waals surface area contributed by atoms with E-state index in [0.29, 0.717) is 12.8 Å². The number of hydrogen-bond acceptors (Lipinski definition) is 4. The summed E-state index contributed by atoms with van der Waals surface area (Å²) in [6.45, 7) is 3.91. The molecule has 6 nitrogen and oxygen atoms in total. The maximum atomic E-state index is 12.2. The number of benzene rings is 1. The summed E-state index contributed by atoms with van der Waals surface area (Å²) in [5.41, 5.74) is 0.970. The van der Waals surface area contributed by atoms with E-state index in [1.54, 1.807) is 19.1 Å². The van der Waals surface area contributed by atoms with Crippen molar-refractivity contribution in [2.24, 2.45) is 0 Å². The second kappa shape index (κ2) is 6.03. The lowest BCUT2D eigenvalue weighted by atomic mass is 10.0. The first-order chi connectivity index (χ1) is 9.79. The largest absolute Gasteiger partial charge is 0.465 e. The summed E-state index contributed by atoms with van der Waals surface area (Å²) in [4.78, 5) is 12.4. The van der Waals surface area contributed by atoms with E-state index in [0.717, 1.165) is 5.56 Å². The minimum absolute atomic E-state index is 0.126. The summed E-state index contributed by atoms with van der Waals surface area (Å²) in [5, 5.41) is 9.00. The van der Waals surface area contributed by atoms with Gasteiger partial charge >= 0.3 is 6.09 Å². The second-order valence-corrected chi connectivity index (χ2v) is 6.91. The first-order valence-corrected chi connectivity index (χ1v) is 8.20. The van der Waals surface area contributed by atoms with Gasteiger partial charge in [-0.25, -0.2) is 4.79 Å². The third kappa shape index (κ3) is 3.74. The van der Waals surface area contributed by atoms with E-state index in [1.807, 2.05) is 6.92 Å². The van der Waals surface area contributed by atoms with Gasteiger partial charge in [0, 0.05) is 12.6 Å². The normalized spacial score (nSPS) is 23.0. The smallest absolute Gasteiger partial charge is 0.407 e. The molecule has 2 atom stereocenters. The minimum atomic E-state index is -3.80. The zero-order valence-corrected chi connectivity index (χ0v) is 12.8. The summed E-state index contributed by atoms with van der Waals surface area (Å²) >= 11 is 0. The first-order valence-electron chi connectivity index (χ1n) is 6.79. The summed E-state index contributed by atoms with van der Waals surface area (Å²) in [7, 11) is -3.80. The van der Waals surface area contributed by atoms with Crippen LogP contribution in [-0.2, 0) is 14.3 Å². The van der Waals surface area contributed by atoms with Crippen LogP contribution in [0.2, 0.25) is 0 Å². The number of hydrogen-bond donors (Lipinski definition) is 1. The van der Waals surface area contributed by atoms with Crippen molar-refractivity contribution in [3.8, 4) is 0 Å². The molecular weight excluding hydrogens is 294 g/mol. The Balaban J connectivity index is 2.05. The van der Waals surface area contributed by atoms with Crippen molar-refractivity contribution >= 4 is 16.2 Å². The number of nitrogens with zero attached hydrogens (tertiary/aromatic N) is 1. The summed E-state index contributed by atoms with van der Waals surface area (Å²) in [6, 6.07) is 6.20. The van der Waals surface area contributed by atoms with E-state index in [4.69, 9.17) is 9.29 Å². The molecular formula is C14H19NO5S. The van der Waals surface area contributed by atoms with E-state index in [9.17, 15) is 13.2 Å². The standard InChI is InChI=1S/C14H19NO5S/c1-10-3-5-13(6-4-10)21(18,19)20-12-7-8-15(14(16)17)11(2)9-12/h3-6,11-12H,7-9H2,1-2H3,(H,16,17). The number of piperidine rings is 1. The van der Waals surface area contributed by atoms with E-state index >= 15 is 0 Å². The lowest BCUT2D eigenvalue weighted by Gasteiger charge is -2.35. The van der Waals surface area contributed by atoms with Gasteiger partial charge in [0.15, 0.2) is 0 Å². The van der Waals surface area contributed by atoms with Crippen molar-refractivity contribution in [3.05, 3.63) is 29.8 Å². The summed E-state index contributed by atoms with van der Waals surface area (Å²) < 4.78 is 29.6. The molecule has 21 heavy (non-hydrogen) atoms. The molecule has 1 saturated heterocycles. The van der Waals surface area contributed by atoms with Crippen molar-refractivity contribution < 1.29 is 22.5 Å². The molecule has 1 aliphatic heterocycles. The Morgan fingerprint density at radius 1 is 1.33 bits per heavy atom. The Morgan fingerprint density at radius 2 is 1.95 bits per heavy atom. The van der Waals surface area contributed by atoms with E-state index < -0.39 is 22.3 Å². The van der Waals surface area contributed by atoms with Crippen LogP contribution in [0.1, 0.15) is 25.3 Å². The summed E-state index contributed by atoms with van der Waals surface area (Å²) in [6.07, 6.45) is -0.719. The lowest BCUT2D eigenvalue weighted by Crippen LogP contribution is -2.46. The number of carboxylic acid groups (broad SMARTS) is 1. The van der Waals surface area contributed by atoms with Gasteiger partial charge in [-0.05, 0) is 38.8 Å². The molecule has 1 fully saturated rings. The highest BCUT2D eigenvalue weighted by molar-refractivity contribution is 7.86. The van der Waals surface area contributed by atoms with Crippen molar-refractivity contribution in [1.82, 2.24) is 4.90 Å². The zero-order chi connectivity index (χ0) is 15.6. The van der Waals surface area contributed by atoms with Gasteiger partial charge in [0.25, 0.3) is 10.1 Å². The van der Waals surface area contributed by atoms with Crippen molar-refractivity contribution in [3.63, 3.8) is 0 Å². The number of rotatable bonds is 3. The average Bonchev–Trinajstić information content (AvgIpc) is 2.38. The number of aryl methyl sites for hydroxylation is 1. The molecule has 2 rings (SSSR count). The number of carbonyl (C=O) groups is 1. The Kier molecular flexibility index (Phi) is 4.53. The molecule has 1 heterocycles. The molecule has 0 saturated carbocycles. The van der Waals surface area contributed by atoms with Crippen LogP contribution in [0.15, 0.2) is 29.2 Å². The Labute approximate surface area is 124 Å². The van der Waals surface area contributed by atoms with Gasteiger partial charge in [-0.3, -0.25) is 4.18 Å². The molecule has 1 aromatic carbocycles. The van der Waals surface area contributed by atoms with Crippen LogP contribution in [-0.4, -0.2) is 43.2 Å². The fraction of sp³-hybridized carbons (Fsp3) is 0.500. The second-order valence-electron chi connectivity index (χ2n) is 5.33. The van der Waals surface area contributed by atoms with Gasteiger partial charge in [0.2, 0.25) is 0 Å². The Hall–Kier alpha value is -1.60. The topological polar surface area (TPSA) is 83.9 Å². The molecule has 7 heteroatoms. The highest BCUT2D eigenvalue weighted by atomic mass is 32.2. The molecule has 0 bridgehead atoms. The predicted molar refractivity (Wildman–Crippen MR) is 76.7 cm³/mol. The highest BCUT2D eigenvalue weighted by Crippen LogP contribution is 2.24. The van der Waals surface area contributed by atoms with Gasteiger partial charge in [0.1, 0.15) is 0 Å². The van der Waals surface area contributed by atoms with Crippen LogP contribution in [0.5, 0.6) is 0 Å². The van der Waals surface area contributed by atoms with Crippen LogP contribution in [0.25, 0.3) is 0 Å². The number of amides is 1. The molecule has 0 radical (unpaired) electrons. The van der Waals surface area contributed by atoms with Crippen LogP contribution in [0.3, 0.4) is 0 Å². The first kappa shape index (κ1) is 15.8. The summed E-state index contributed by atoms with van der Waals surface area (Å²) in [5.74, 6) is 0. The SMILES string of the molecule is Cc1ccc(S(=O)(=O)OC2CCN(C(=O)O)C(C)C2)cc1. The van der Waals surface area contributed by atoms with Crippen LogP contribution in [0, 0.1) is 6.92 Å². The molecule has 0 spiro atoms. The molecule has 1 amide bonds. The minimum Gasteiger partial charge on any atom is -0.465 e. The van der Waals surface area contributed by atoms with Crippen LogP contribution in [0.4, 0.5) is 4.79 Å². The molecule has 2 unspecified atom stereocenters. The van der Waals surface area contributed by atoms with Crippen molar-refractivity contribution in [2.75, 3.05) is 6.54 Å². The third-order valence-electron chi connectivity index (χ3n) is 3.65. The van der Waals surface area contributed by atoms with Gasteiger partial charge in [-0.15, -0.1) is 0 Å². The van der Waals surface area contributed by atoms with Crippen LogP contribution < -0.4 is 0 Å². The third-order valence-corrected chi connectivity index (χ3v) is 5.02. The Morgan fingerprint density at radius 3 is 2.48 bits per heavy atom. The fourth-order valence-electron chi connectivity index (χ4n) is 2.44. The van der Waals surface area contributed by atoms with Gasteiger partial charge in [-0.2, -0.15) is 8.42 Å². The molecule has 116 valence electrons. The molecule has 1 aromatic rings. The monoisotopic (exact) mass is 313 g/mol. The average molecular weight is 313 g/mol. The van der Waals surface area contributed by atoms with Gasteiger partial charge < -0.3 is 10.0 Å². The molecule has 1 aliphatic rings. The van der Waals surface area contributed by atoms with E-state index in [-0.39, 0.29) is 17.5 Å². The maximum absolute atomic E-state index is 12.2. The predicted octanol–water partition coefficient (Wildman–Crippen LogP) is 2.23. The molecule has 0 aromatic heterocycles. The van der Waals surface area contributed by atoms with E-state index in [1.165, 1.54) is 17.0 Å². The van der Waals surface area contributed by atoms with Crippen LogP contribution >= 0.6 is 0 Å². The van der Waals surface area contributed by atoms with Crippen molar-refractivity contribution in [1.29, 1.82) is 0 Å². The zero-order valence-electron chi connectivity index (χ0n) is 12.0. The quantitative estimate of drug-likeness (QED) is 0.865. The fourth-order valence-corrected chi connectivity index (χ4v) is 3.55. The Bertz CT molecular complexity index is 611. The highest BCUT2D eigenvalue weighted by Gasteiger charge is 2.32. The maximum Gasteiger partial charge on any atom is 0.407 e. The molecule has 1 N–H and O–H groups in total. The lowest BCUT2D eigenvalue weighted by molar-refractivity contribution is 0.0636. The molecule has 0 aliphatic carbocycles. The number of likely N-dealkylation sites (tertiary alicyclic amines) is 1. The van der Waals surface area contributed by atoms with Gasteiger partial charge in [0.05, 0.1) is 11.0 Å².